The summed E-state index contributed by atoms with van der Waals surface area (Å²) in [5.41, 5.74) is 3.05. The SMILES string of the molecule is Cc1ccc(-c2ccc(NC=C(C#N)C#N)c(C(=O)O)c2)cc1. The summed E-state index contributed by atoms with van der Waals surface area (Å²) >= 11 is 0. The van der Waals surface area contributed by atoms with Crippen molar-refractivity contribution in [1.82, 2.24) is 0 Å². The molecular weight excluding hydrogens is 290 g/mol. The highest BCUT2D eigenvalue weighted by molar-refractivity contribution is 5.96. The third kappa shape index (κ3) is 3.75. The van der Waals surface area contributed by atoms with Gasteiger partial charge in [0, 0.05) is 6.20 Å². The molecule has 112 valence electrons. The van der Waals surface area contributed by atoms with Crippen molar-refractivity contribution in [1.29, 1.82) is 10.5 Å². The number of aryl methyl sites for hydroxylation is 1. The molecule has 0 fully saturated rings. The van der Waals surface area contributed by atoms with Gasteiger partial charge in [0.25, 0.3) is 0 Å². The number of carboxylic acid groups (broad SMARTS) is 1. The fourth-order valence-corrected chi connectivity index (χ4v) is 2.01. The molecule has 0 radical (unpaired) electrons. The number of aromatic carboxylic acids is 1. The summed E-state index contributed by atoms with van der Waals surface area (Å²) in [7, 11) is 0. The molecule has 0 unspecified atom stereocenters. The molecule has 0 aromatic heterocycles. The Labute approximate surface area is 133 Å². The predicted octanol–water partition coefficient (Wildman–Crippen LogP) is 3.70. The molecule has 0 aliphatic carbocycles. The van der Waals surface area contributed by atoms with E-state index in [-0.39, 0.29) is 11.1 Å². The molecule has 0 saturated carbocycles. The van der Waals surface area contributed by atoms with E-state index in [1.54, 1.807) is 30.3 Å². The Hall–Kier alpha value is -3.57. The van der Waals surface area contributed by atoms with E-state index in [1.165, 1.54) is 6.20 Å². The average molecular weight is 303 g/mol. The minimum atomic E-state index is -1.09. The molecule has 5 nitrogen and oxygen atoms in total. The molecule has 2 aromatic carbocycles. The number of carboxylic acids is 1. The smallest absolute Gasteiger partial charge is 0.337 e. The van der Waals surface area contributed by atoms with Gasteiger partial charge in [-0.3, -0.25) is 0 Å². The number of nitrogens with zero attached hydrogens (tertiary/aromatic N) is 2. The predicted molar refractivity (Wildman–Crippen MR) is 86.5 cm³/mol. The highest BCUT2D eigenvalue weighted by atomic mass is 16.4. The Morgan fingerprint density at radius 1 is 1.09 bits per heavy atom. The van der Waals surface area contributed by atoms with Crippen LogP contribution in [-0.4, -0.2) is 11.1 Å². The second kappa shape index (κ2) is 6.93. The maximum atomic E-state index is 11.5. The first-order valence-electron chi connectivity index (χ1n) is 6.76. The lowest BCUT2D eigenvalue weighted by atomic mass is 10.0. The van der Waals surface area contributed by atoms with E-state index in [2.05, 4.69) is 5.32 Å². The van der Waals surface area contributed by atoms with Crippen molar-refractivity contribution in [2.75, 3.05) is 5.32 Å². The number of rotatable bonds is 4. The number of hydrogen-bond acceptors (Lipinski definition) is 4. The number of anilines is 1. The summed E-state index contributed by atoms with van der Waals surface area (Å²) < 4.78 is 0. The van der Waals surface area contributed by atoms with Crippen LogP contribution >= 0.6 is 0 Å². The first-order chi connectivity index (χ1) is 11.0. The molecule has 5 heteroatoms. The summed E-state index contributed by atoms with van der Waals surface area (Å²) in [6, 6.07) is 16.1. The lowest BCUT2D eigenvalue weighted by molar-refractivity contribution is 0.0698. The Kier molecular flexibility index (Phi) is 4.76. The minimum absolute atomic E-state index is 0.0644. The Bertz CT molecular complexity index is 837. The van der Waals surface area contributed by atoms with Gasteiger partial charge >= 0.3 is 5.97 Å². The Morgan fingerprint density at radius 2 is 1.70 bits per heavy atom. The zero-order chi connectivity index (χ0) is 16.8. The Morgan fingerprint density at radius 3 is 2.26 bits per heavy atom. The van der Waals surface area contributed by atoms with E-state index in [1.807, 2.05) is 31.2 Å². The van der Waals surface area contributed by atoms with Gasteiger partial charge in [0.15, 0.2) is 0 Å². The molecule has 0 amide bonds. The zero-order valence-corrected chi connectivity index (χ0v) is 12.4. The Balaban J connectivity index is 2.42. The second-order valence-electron chi connectivity index (χ2n) is 4.86. The van der Waals surface area contributed by atoms with Gasteiger partial charge < -0.3 is 10.4 Å². The number of benzene rings is 2. The highest BCUT2D eigenvalue weighted by Gasteiger charge is 2.11. The first-order valence-corrected chi connectivity index (χ1v) is 6.76. The van der Waals surface area contributed by atoms with Crippen LogP contribution in [0.15, 0.2) is 54.2 Å². The van der Waals surface area contributed by atoms with Crippen LogP contribution in [0.1, 0.15) is 15.9 Å². The molecule has 2 aromatic rings. The third-order valence-corrected chi connectivity index (χ3v) is 3.25. The zero-order valence-electron chi connectivity index (χ0n) is 12.4. The van der Waals surface area contributed by atoms with E-state index in [0.29, 0.717) is 5.69 Å². The van der Waals surface area contributed by atoms with Gasteiger partial charge in [0.1, 0.15) is 17.7 Å². The monoisotopic (exact) mass is 303 g/mol. The summed E-state index contributed by atoms with van der Waals surface area (Å²) in [5, 5.41) is 29.5. The molecule has 0 bridgehead atoms. The molecule has 0 aliphatic rings. The minimum Gasteiger partial charge on any atom is -0.478 e. The molecule has 0 aliphatic heterocycles. The number of carbonyl (C=O) groups is 1. The molecule has 0 atom stereocenters. The van der Waals surface area contributed by atoms with Gasteiger partial charge in [-0.05, 0) is 30.2 Å². The van der Waals surface area contributed by atoms with Crippen LogP contribution in [0.5, 0.6) is 0 Å². The number of allylic oxidation sites excluding steroid dienone is 1. The van der Waals surface area contributed by atoms with Crippen LogP contribution in [0.25, 0.3) is 11.1 Å². The van der Waals surface area contributed by atoms with Crippen LogP contribution < -0.4 is 5.32 Å². The molecular formula is C18H13N3O2. The number of hydrogen-bond donors (Lipinski definition) is 2. The van der Waals surface area contributed by atoms with Crippen molar-refractivity contribution >= 4 is 11.7 Å². The fraction of sp³-hybridized carbons (Fsp3) is 0.0556. The lowest BCUT2D eigenvalue weighted by Gasteiger charge is -2.09. The van der Waals surface area contributed by atoms with E-state index < -0.39 is 5.97 Å². The van der Waals surface area contributed by atoms with Crippen LogP contribution in [0, 0.1) is 29.6 Å². The largest absolute Gasteiger partial charge is 0.478 e. The van der Waals surface area contributed by atoms with Crippen LogP contribution in [-0.2, 0) is 0 Å². The topological polar surface area (TPSA) is 96.9 Å². The number of nitriles is 2. The fourth-order valence-electron chi connectivity index (χ4n) is 2.01. The summed E-state index contributed by atoms with van der Waals surface area (Å²) in [6.07, 6.45) is 1.19. The summed E-state index contributed by atoms with van der Waals surface area (Å²) in [6.45, 7) is 1.98. The van der Waals surface area contributed by atoms with Gasteiger partial charge in [0.2, 0.25) is 0 Å². The molecule has 2 N–H and O–H groups in total. The summed E-state index contributed by atoms with van der Waals surface area (Å²) in [5.74, 6) is -1.09. The van der Waals surface area contributed by atoms with Gasteiger partial charge in [0.05, 0.1) is 11.3 Å². The quantitative estimate of drug-likeness (QED) is 0.839. The normalized spacial score (nSPS) is 9.35. The third-order valence-electron chi connectivity index (χ3n) is 3.25. The van der Waals surface area contributed by atoms with Gasteiger partial charge in [-0.2, -0.15) is 10.5 Å². The summed E-state index contributed by atoms with van der Waals surface area (Å²) in [4.78, 5) is 11.5. The van der Waals surface area contributed by atoms with Crippen molar-refractivity contribution in [3.63, 3.8) is 0 Å². The van der Waals surface area contributed by atoms with Crippen LogP contribution in [0.4, 0.5) is 5.69 Å². The molecule has 2 rings (SSSR count). The van der Waals surface area contributed by atoms with Crippen molar-refractivity contribution in [2.24, 2.45) is 0 Å². The van der Waals surface area contributed by atoms with Gasteiger partial charge in [-0.1, -0.05) is 35.9 Å². The lowest BCUT2D eigenvalue weighted by Crippen LogP contribution is -2.03. The van der Waals surface area contributed by atoms with Crippen molar-refractivity contribution < 1.29 is 9.90 Å². The standard InChI is InChI=1S/C18H13N3O2/c1-12-2-4-14(5-3-12)15-6-7-17(16(8-15)18(22)23)21-11-13(9-19)10-20/h2-8,11,21H,1H3,(H,22,23). The maximum Gasteiger partial charge on any atom is 0.337 e. The van der Waals surface area contributed by atoms with Crippen LogP contribution in [0.3, 0.4) is 0 Å². The second-order valence-corrected chi connectivity index (χ2v) is 4.86. The van der Waals surface area contributed by atoms with Crippen molar-refractivity contribution in [2.45, 2.75) is 6.92 Å². The van der Waals surface area contributed by atoms with Gasteiger partial charge in [-0.25, -0.2) is 4.79 Å². The first kappa shape index (κ1) is 15.8. The number of nitrogens with one attached hydrogen (secondary N) is 1. The maximum absolute atomic E-state index is 11.5. The van der Waals surface area contributed by atoms with E-state index >= 15 is 0 Å². The molecule has 0 spiro atoms. The van der Waals surface area contributed by atoms with E-state index in [0.717, 1.165) is 16.7 Å². The molecule has 0 heterocycles. The highest BCUT2D eigenvalue weighted by Crippen LogP contribution is 2.26. The van der Waals surface area contributed by atoms with Gasteiger partial charge in [-0.15, -0.1) is 0 Å². The van der Waals surface area contributed by atoms with Crippen molar-refractivity contribution in [3.8, 4) is 23.3 Å². The molecule has 23 heavy (non-hydrogen) atoms. The molecule has 0 saturated heterocycles. The van der Waals surface area contributed by atoms with Crippen molar-refractivity contribution in [3.05, 3.63) is 65.4 Å². The average Bonchev–Trinajstić information content (AvgIpc) is 2.56. The van der Waals surface area contributed by atoms with Crippen LogP contribution in [0.2, 0.25) is 0 Å². The van der Waals surface area contributed by atoms with E-state index in [9.17, 15) is 9.90 Å². The van der Waals surface area contributed by atoms with E-state index in [4.69, 9.17) is 10.5 Å².